The van der Waals surface area contributed by atoms with Crippen LogP contribution in [0.15, 0.2) is 18.2 Å². The summed E-state index contributed by atoms with van der Waals surface area (Å²) in [4.78, 5) is 11.0. The third kappa shape index (κ3) is 3.35. The van der Waals surface area contributed by atoms with Gasteiger partial charge in [-0.3, -0.25) is 0 Å². The van der Waals surface area contributed by atoms with Crippen molar-refractivity contribution in [3.63, 3.8) is 0 Å². The van der Waals surface area contributed by atoms with Gasteiger partial charge in [-0.25, -0.2) is 9.18 Å². The maximum absolute atomic E-state index is 13.0. The van der Waals surface area contributed by atoms with E-state index in [1.165, 1.54) is 6.92 Å². The average molecular weight is 266 g/mol. The summed E-state index contributed by atoms with van der Waals surface area (Å²) in [6, 6.07) is 2.13. The average Bonchev–Trinajstić information content (AvgIpc) is 2.29. The SMILES string of the molecule is COC(=O)C(C)Oc1ccc(F)c(C(F)(F)F)c1. The first-order valence-corrected chi connectivity index (χ1v) is 4.87. The predicted octanol–water partition coefficient (Wildman–Crippen LogP) is 2.78. The molecule has 100 valence electrons. The molecule has 0 aromatic heterocycles. The highest BCUT2D eigenvalue weighted by molar-refractivity contribution is 5.74. The largest absolute Gasteiger partial charge is 0.479 e. The summed E-state index contributed by atoms with van der Waals surface area (Å²) in [6.45, 7) is 1.31. The lowest BCUT2D eigenvalue weighted by Gasteiger charge is -2.14. The fourth-order valence-electron chi connectivity index (χ4n) is 1.21. The van der Waals surface area contributed by atoms with Crippen LogP contribution in [0.1, 0.15) is 12.5 Å². The number of alkyl halides is 3. The Labute approximate surface area is 100 Å². The number of hydrogen-bond acceptors (Lipinski definition) is 3. The van der Waals surface area contributed by atoms with Crippen LogP contribution in [0.3, 0.4) is 0 Å². The minimum absolute atomic E-state index is 0.262. The lowest BCUT2D eigenvalue weighted by atomic mass is 10.2. The molecule has 1 rings (SSSR count). The molecule has 0 fully saturated rings. The molecule has 0 spiro atoms. The quantitative estimate of drug-likeness (QED) is 0.623. The Balaban J connectivity index is 2.96. The Hall–Kier alpha value is -1.79. The van der Waals surface area contributed by atoms with Gasteiger partial charge in [-0.15, -0.1) is 0 Å². The van der Waals surface area contributed by atoms with Crippen LogP contribution < -0.4 is 4.74 Å². The molecule has 0 aliphatic heterocycles. The highest BCUT2D eigenvalue weighted by atomic mass is 19.4. The van der Waals surface area contributed by atoms with Crippen LogP contribution >= 0.6 is 0 Å². The first-order chi connectivity index (χ1) is 8.25. The van der Waals surface area contributed by atoms with Gasteiger partial charge >= 0.3 is 12.1 Å². The fourth-order valence-corrected chi connectivity index (χ4v) is 1.21. The van der Waals surface area contributed by atoms with Crippen molar-refractivity contribution in [3.05, 3.63) is 29.6 Å². The van der Waals surface area contributed by atoms with Gasteiger partial charge in [-0.05, 0) is 25.1 Å². The van der Waals surface area contributed by atoms with Crippen molar-refractivity contribution in [2.24, 2.45) is 0 Å². The first kappa shape index (κ1) is 14.3. The Kier molecular flexibility index (Phi) is 4.15. The zero-order valence-corrected chi connectivity index (χ0v) is 9.55. The van der Waals surface area contributed by atoms with E-state index in [0.717, 1.165) is 13.2 Å². The van der Waals surface area contributed by atoms with Crippen molar-refractivity contribution < 1.29 is 31.8 Å². The van der Waals surface area contributed by atoms with Crippen molar-refractivity contribution in [2.45, 2.75) is 19.2 Å². The summed E-state index contributed by atoms with van der Waals surface area (Å²) in [5.74, 6) is -2.41. The smallest absolute Gasteiger partial charge is 0.419 e. The second kappa shape index (κ2) is 5.24. The summed E-state index contributed by atoms with van der Waals surface area (Å²) in [7, 11) is 1.12. The van der Waals surface area contributed by atoms with Crippen LogP contribution in [-0.2, 0) is 15.7 Å². The molecule has 0 aliphatic carbocycles. The number of carbonyl (C=O) groups is 1. The third-order valence-electron chi connectivity index (χ3n) is 2.09. The maximum atomic E-state index is 13.0. The van der Waals surface area contributed by atoms with Gasteiger partial charge in [-0.2, -0.15) is 13.2 Å². The number of hydrogen-bond donors (Lipinski definition) is 0. The highest BCUT2D eigenvalue weighted by Crippen LogP contribution is 2.33. The molecule has 0 aliphatic rings. The molecule has 0 radical (unpaired) electrons. The van der Waals surface area contributed by atoms with Crippen LogP contribution in [0.2, 0.25) is 0 Å². The summed E-state index contributed by atoms with van der Waals surface area (Å²) in [6.07, 6.45) is -5.90. The van der Waals surface area contributed by atoms with E-state index < -0.39 is 29.6 Å². The predicted molar refractivity (Wildman–Crippen MR) is 53.5 cm³/mol. The number of ether oxygens (including phenoxy) is 2. The molecule has 0 saturated heterocycles. The molecular formula is C11H10F4O3. The Bertz CT molecular complexity index is 442. The second-order valence-corrected chi connectivity index (χ2v) is 3.42. The molecule has 18 heavy (non-hydrogen) atoms. The van der Waals surface area contributed by atoms with Crippen molar-refractivity contribution >= 4 is 5.97 Å². The first-order valence-electron chi connectivity index (χ1n) is 4.87. The van der Waals surface area contributed by atoms with Crippen molar-refractivity contribution in [1.82, 2.24) is 0 Å². The van der Waals surface area contributed by atoms with Crippen LogP contribution in [0, 0.1) is 5.82 Å². The van der Waals surface area contributed by atoms with Crippen molar-refractivity contribution in [2.75, 3.05) is 7.11 Å². The zero-order valence-electron chi connectivity index (χ0n) is 9.55. The van der Waals surface area contributed by atoms with Gasteiger partial charge in [0, 0.05) is 0 Å². The van der Waals surface area contributed by atoms with E-state index in [4.69, 9.17) is 4.74 Å². The topological polar surface area (TPSA) is 35.5 Å². The summed E-state index contributed by atoms with van der Waals surface area (Å²) in [5, 5.41) is 0. The van der Waals surface area contributed by atoms with Gasteiger partial charge in [-0.1, -0.05) is 0 Å². The minimum atomic E-state index is -4.82. The van der Waals surface area contributed by atoms with Gasteiger partial charge in [0.05, 0.1) is 12.7 Å². The summed E-state index contributed by atoms with van der Waals surface area (Å²) < 4.78 is 59.4. The summed E-state index contributed by atoms with van der Waals surface area (Å²) >= 11 is 0. The van der Waals surface area contributed by atoms with Crippen LogP contribution in [0.25, 0.3) is 0 Å². The Morgan fingerprint density at radius 2 is 1.94 bits per heavy atom. The van der Waals surface area contributed by atoms with E-state index in [2.05, 4.69) is 4.74 Å². The molecule has 0 bridgehead atoms. The Morgan fingerprint density at radius 1 is 1.33 bits per heavy atom. The number of rotatable bonds is 3. The molecule has 0 heterocycles. The van der Waals surface area contributed by atoms with E-state index in [-0.39, 0.29) is 5.75 Å². The van der Waals surface area contributed by atoms with E-state index in [0.29, 0.717) is 12.1 Å². The molecule has 1 unspecified atom stereocenters. The van der Waals surface area contributed by atoms with Crippen LogP contribution in [0.4, 0.5) is 17.6 Å². The lowest BCUT2D eigenvalue weighted by Crippen LogP contribution is -2.25. The number of methoxy groups -OCH3 is 1. The standard InChI is InChI=1S/C11H10F4O3/c1-6(10(16)17-2)18-7-3-4-9(12)8(5-7)11(13,14)15/h3-6H,1-2H3. The molecule has 7 heteroatoms. The second-order valence-electron chi connectivity index (χ2n) is 3.42. The van der Waals surface area contributed by atoms with E-state index in [1.807, 2.05) is 0 Å². The molecular weight excluding hydrogens is 256 g/mol. The third-order valence-corrected chi connectivity index (χ3v) is 2.09. The fraction of sp³-hybridized carbons (Fsp3) is 0.364. The molecule has 1 atom stereocenters. The maximum Gasteiger partial charge on any atom is 0.419 e. The van der Waals surface area contributed by atoms with Gasteiger partial charge in [0.1, 0.15) is 11.6 Å². The number of esters is 1. The zero-order chi connectivity index (χ0) is 13.9. The van der Waals surface area contributed by atoms with Crippen molar-refractivity contribution in [1.29, 1.82) is 0 Å². The monoisotopic (exact) mass is 266 g/mol. The molecule has 0 saturated carbocycles. The van der Waals surface area contributed by atoms with Crippen molar-refractivity contribution in [3.8, 4) is 5.75 Å². The molecule has 1 aromatic rings. The molecule has 3 nitrogen and oxygen atoms in total. The minimum Gasteiger partial charge on any atom is -0.479 e. The van der Waals surface area contributed by atoms with Gasteiger partial charge in [0.2, 0.25) is 0 Å². The molecule has 1 aromatic carbocycles. The van der Waals surface area contributed by atoms with Crippen LogP contribution in [0.5, 0.6) is 5.75 Å². The molecule has 0 N–H and O–H groups in total. The van der Waals surface area contributed by atoms with Gasteiger partial charge in [0.15, 0.2) is 6.10 Å². The highest BCUT2D eigenvalue weighted by Gasteiger charge is 2.34. The van der Waals surface area contributed by atoms with Gasteiger partial charge < -0.3 is 9.47 Å². The van der Waals surface area contributed by atoms with E-state index in [9.17, 15) is 22.4 Å². The Morgan fingerprint density at radius 3 is 2.44 bits per heavy atom. The summed E-state index contributed by atoms with van der Waals surface area (Å²) in [5.41, 5.74) is -1.45. The van der Waals surface area contributed by atoms with Gasteiger partial charge in [0.25, 0.3) is 0 Å². The normalized spacial score (nSPS) is 13.0. The van der Waals surface area contributed by atoms with Crippen LogP contribution in [-0.4, -0.2) is 19.2 Å². The van der Waals surface area contributed by atoms with E-state index in [1.54, 1.807) is 0 Å². The number of carbonyl (C=O) groups excluding carboxylic acids is 1. The van der Waals surface area contributed by atoms with E-state index >= 15 is 0 Å². The molecule has 0 amide bonds. The lowest BCUT2D eigenvalue weighted by molar-refractivity contribution is -0.147. The number of halogens is 4. The number of benzene rings is 1.